The summed E-state index contributed by atoms with van der Waals surface area (Å²) in [4.78, 5) is 26.8. The Hall–Kier alpha value is -4.03. The number of aliphatic hydroxyl groups is 1. The number of aliphatic carboxylic acids is 1. The summed E-state index contributed by atoms with van der Waals surface area (Å²) in [6, 6.07) is 23.7. The molecule has 0 spiro atoms. The Balaban J connectivity index is 1.27. The van der Waals surface area contributed by atoms with Gasteiger partial charge in [-0.25, -0.2) is 4.98 Å². The van der Waals surface area contributed by atoms with E-state index >= 15 is 0 Å². The Morgan fingerprint density at radius 1 is 0.952 bits per heavy atom. The zero-order valence-electron chi connectivity index (χ0n) is 22.8. The number of aliphatic hydroxyl groups excluding tert-OH is 1. The Morgan fingerprint density at radius 3 is 2.45 bits per heavy atom. The van der Waals surface area contributed by atoms with Gasteiger partial charge in [-0.15, -0.1) is 0 Å². The van der Waals surface area contributed by atoms with E-state index in [-0.39, 0.29) is 37.6 Å². The highest BCUT2D eigenvalue weighted by Crippen LogP contribution is 2.39. The lowest BCUT2D eigenvalue weighted by atomic mass is 9.99. The lowest BCUT2D eigenvalue weighted by Gasteiger charge is -2.36. The van der Waals surface area contributed by atoms with Crippen LogP contribution < -0.4 is 5.32 Å². The molecule has 10 nitrogen and oxygen atoms in total. The minimum Gasteiger partial charge on any atom is -0.481 e. The van der Waals surface area contributed by atoms with Crippen LogP contribution in [0.1, 0.15) is 53.9 Å². The molecule has 1 aliphatic rings. The maximum absolute atomic E-state index is 11.9. The fourth-order valence-electron chi connectivity index (χ4n) is 4.66. The molecule has 0 radical (unpaired) electrons. The molecule has 0 aliphatic carbocycles. The first-order chi connectivity index (χ1) is 20.5. The van der Waals surface area contributed by atoms with Gasteiger partial charge in [0, 0.05) is 30.7 Å². The van der Waals surface area contributed by atoms with E-state index in [9.17, 15) is 14.7 Å². The molecule has 2 heterocycles. The van der Waals surface area contributed by atoms with Crippen LogP contribution in [-0.2, 0) is 32.2 Å². The average molecular weight is 589 g/mol. The second-order valence-electron chi connectivity index (χ2n) is 9.94. The van der Waals surface area contributed by atoms with Crippen molar-refractivity contribution in [3.63, 3.8) is 0 Å². The van der Waals surface area contributed by atoms with Crippen molar-refractivity contribution < 1.29 is 29.3 Å². The predicted molar refractivity (Wildman–Crippen MR) is 156 cm³/mol. The molecular formula is C31H32N4O6S. The number of H-pyrrole nitrogens is 1. The molecule has 11 heteroatoms. The molecular weight excluding hydrogens is 556 g/mol. The molecule has 3 atom stereocenters. The number of carboxylic acids is 1. The summed E-state index contributed by atoms with van der Waals surface area (Å²) in [5, 5.41) is 28.5. The fourth-order valence-corrected chi connectivity index (χ4v) is 5.46. The van der Waals surface area contributed by atoms with E-state index in [1.54, 1.807) is 11.8 Å². The third-order valence-corrected chi connectivity index (χ3v) is 7.92. The van der Waals surface area contributed by atoms with Gasteiger partial charge in [-0.1, -0.05) is 78.5 Å². The standard InChI is InChI=1S/C31H32N4O6S/c36-17-20-4-6-23(7-5-20)27-15-26(18-42-31-33-19-34-35-31)40-30(41-27)24-10-8-22(9-11-24)25-3-1-2-21(14-25)16-32-28(37)12-13-29(38)39/h1-11,14,19,26-27,30,36H,12-13,15-18H2,(H,32,37)(H,38,39)(H,33,34,35)/t26-,27+,30+/m0/s1. The largest absolute Gasteiger partial charge is 0.481 e. The minimum atomic E-state index is -0.993. The number of aromatic amines is 1. The molecule has 1 aliphatic heterocycles. The number of amides is 1. The van der Waals surface area contributed by atoms with E-state index < -0.39 is 12.3 Å². The summed E-state index contributed by atoms with van der Waals surface area (Å²) in [6.45, 7) is 0.312. The topological polar surface area (TPSA) is 147 Å². The highest BCUT2D eigenvalue weighted by molar-refractivity contribution is 7.99. The quantitative estimate of drug-likeness (QED) is 0.172. The first-order valence-electron chi connectivity index (χ1n) is 13.6. The van der Waals surface area contributed by atoms with E-state index in [2.05, 4.69) is 20.5 Å². The molecule has 1 amide bonds. The smallest absolute Gasteiger partial charge is 0.303 e. The van der Waals surface area contributed by atoms with Crippen LogP contribution in [0, 0.1) is 0 Å². The number of carbonyl (C=O) groups is 2. The van der Waals surface area contributed by atoms with Gasteiger partial charge in [0.2, 0.25) is 5.91 Å². The SMILES string of the molecule is O=C(O)CCC(=O)NCc1cccc(-c2ccc([C@@H]3O[C@H](CSc4ncn[nH]4)C[C@H](c4ccc(CO)cc4)O3)cc2)c1. The molecule has 4 N–H and O–H groups in total. The van der Waals surface area contributed by atoms with E-state index in [0.29, 0.717) is 18.7 Å². The molecule has 5 rings (SSSR count). The Bertz CT molecular complexity index is 1460. The van der Waals surface area contributed by atoms with Crippen molar-refractivity contribution in [3.05, 3.63) is 101 Å². The number of benzene rings is 3. The number of carboxylic acid groups (broad SMARTS) is 1. The first kappa shape index (κ1) is 29.5. The van der Waals surface area contributed by atoms with Gasteiger partial charge in [-0.3, -0.25) is 14.7 Å². The highest BCUT2D eigenvalue weighted by atomic mass is 32.2. The van der Waals surface area contributed by atoms with Crippen molar-refractivity contribution in [1.82, 2.24) is 20.5 Å². The number of carbonyl (C=O) groups excluding carboxylic acids is 1. The van der Waals surface area contributed by atoms with E-state index in [1.165, 1.54) is 6.33 Å². The van der Waals surface area contributed by atoms with Crippen LogP contribution in [0.4, 0.5) is 0 Å². The van der Waals surface area contributed by atoms with Gasteiger partial charge in [0.1, 0.15) is 6.33 Å². The van der Waals surface area contributed by atoms with Crippen molar-refractivity contribution >= 4 is 23.6 Å². The lowest BCUT2D eigenvalue weighted by Crippen LogP contribution is -2.31. The van der Waals surface area contributed by atoms with E-state index in [1.807, 2.05) is 72.8 Å². The Labute approximate surface area is 247 Å². The first-order valence-corrected chi connectivity index (χ1v) is 14.6. The monoisotopic (exact) mass is 588 g/mol. The summed E-state index contributed by atoms with van der Waals surface area (Å²) in [5.41, 5.74) is 5.68. The van der Waals surface area contributed by atoms with Crippen LogP contribution in [0.2, 0.25) is 0 Å². The van der Waals surface area contributed by atoms with Crippen molar-refractivity contribution in [2.45, 2.75) is 56.1 Å². The average Bonchev–Trinajstić information content (AvgIpc) is 3.56. The van der Waals surface area contributed by atoms with Crippen molar-refractivity contribution in [2.24, 2.45) is 0 Å². The summed E-state index contributed by atoms with van der Waals surface area (Å²) >= 11 is 1.55. The highest BCUT2D eigenvalue weighted by Gasteiger charge is 2.32. The van der Waals surface area contributed by atoms with Crippen molar-refractivity contribution in [3.8, 4) is 11.1 Å². The summed E-state index contributed by atoms with van der Waals surface area (Å²) in [7, 11) is 0. The predicted octanol–water partition coefficient (Wildman–Crippen LogP) is 4.78. The van der Waals surface area contributed by atoms with Crippen LogP contribution in [0.3, 0.4) is 0 Å². The van der Waals surface area contributed by atoms with Gasteiger partial charge in [-0.2, -0.15) is 5.10 Å². The molecule has 0 bridgehead atoms. The molecule has 0 saturated carbocycles. The number of thioether (sulfide) groups is 1. The molecule has 42 heavy (non-hydrogen) atoms. The minimum absolute atomic E-state index is 0.00925. The molecule has 1 fully saturated rings. The molecule has 1 aromatic heterocycles. The normalized spacial score (nSPS) is 18.5. The number of nitrogens with one attached hydrogen (secondary N) is 2. The molecule has 3 aromatic carbocycles. The van der Waals surface area contributed by atoms with Gasteiger partial charge in [0.05, 0.1) is 25.2 Å². The molecule has 0 unspecified atom stereocenters. The maximum atomic E-state index is 11.9. The van der Waals surface area contributed by atoms with Gasteiger partial charge in [0.25, 0.3) is 0 Å². The van der Waals surface area contributed by atoms with E-state index in [0.717, 1.165) is 38.5 Å². The van der Waals surface area contributed by atoms with Crippen LogP contribution >= 0.6 is 11.8 Å². The third kappa shape index (κ3) is 8.04. The molecule has 1 saturated heterocycles. The second kappa shape index (κ2) is 14.2. The number of hydrogen-bond donors (Lipinski definition) is 4. The van der Waals surface area contributed by atoms with Crippen LogP contribution in [0.15, 0.2) is 84.3 Å². The van der Waals surface area contributed by atoms with Gasteiger partial charge >= 0.3 is 5.97 Å². The number of rotatable bonds is 12. The fraction of sp³-hybridized carbons (Fsp3) is 0.290. The lowest BCUT2D eigenvalue weighted by molar-refractivity contribution is -0.245. The van der Waals surface area contributed by atoms with Crippen molar-refractivity contribution in [1.29, 1.82) is 0 Å². The van der Waals surface area contributed by atoms with Crippen LogP contribution in [0.5, 0.6) is 0 Å². The maximum Gasteiger partial charge on any atom is 0.303 e. The zero-order chi connectivity index (χ0) is 29.3. The third-order valence-electron chi connectivity index (χ3n) is 6.91. The molecule has 4 aromatic rings. The Morgan fingerprint density at radius 2 is 1.74 bits per heavy atom. The Kier molecular flexibility index (Phi) is 9.98. The van der Waals surface area contributed by atoms with Crippen LogP contribution in [0.25, 0.3) is 11.1 Å². The summed E-state index contributed by atoms with van der Waals surface area (Å²) in [6.07, 6.45) is 1.08. The number of ether oxygens (including phenoxy) is 2. The molecule has 218 valence electrons. The van der Waals surface area contributed by atoms with Crippen molar-refractivity contribution in [2.75, 3.05) is 5.75 Å². The van der Waals surface area contributed by atoms with Gasteiger partial charge in [-0.05, 0) is 33.9 Å². The van der Waals surface area contributed by atoms with E-state index in [4.69, 9.17) is 14.6 Å². The van der Waals surface area contributed by atoms with Gasteiger partial charge < -0.3 is 25.0 Å². The zero-order valence-corrected chi connectivity index (χ0v) is 23.6. The summed E-state index contributed by atoms with van der Waals surface area (Å²) in [5.74, 6) is -0.606. The van der Waals surface area contributed by atoms with Crippen LogP contribution in [-0.4, -0.2) is 49.1 Å². The van der Waals surface area contributed by atoms with Gasteiger partial charge in [0.15, 0.2) is 11.4 Å². The second-order valence-corrected chi connectivity index (χ2v) is 11.0. The summed E-state index contributed by atoms with van der Waals surface area (Å²) < 4.78 is 12.8. The number of nitrogens with zero attached hydrogens (tertiary/aromatic N) is 2. The number of hydrogen-bond acceptors (Lipinski definition) is 8. The number of aromatic nitrogens is 3.